The number of fused-ring (bicyclic) bond motifs is 5. The molecule has 0 saturated heterocycles. The predicted octanol–water partition coefficient (Wildman–Crippen LogP) is 4.63. The van der Waals surface area contributed by atoms with Crippen LogP contribution >= 0.6 is 0 Å². The minimum Gasteiger partial charge on any atom is -0.396 e. The summed E-state index contributed by atoms with van der Waals surface area (Å²) in [5.41, 5.74) is 0.617. The van der Waals surface area contributed by atoms with Crippen LogP contribution in [0.5, 0.6) is 0 Å². The molecular formula is C25H44O3. The minimum absolute atomic E-state index is 0.167. The summed E-state index contributed by atoms with van der Waals surface area (Å²) in [6, 6.07) is 0. The van der Waals surface area contributed by atoms with Crippen LogP contribution < -0.4 is 0 Å². The lowest BCUT2D eigenvalue weighted by molar-refractivity contribution is -0.203. The molecule has 3 nitrogen and oxygen atoms in total. The summed E-state index contributed by atoms with van der Waals surface area (Å²) in [6.45, 7) is 9.92. The first-order valence-electron chi connectivity index (χ1n) is 12.2. The van der Waals surface area contributed by atoms with Gasteiger partial charge in [0.05, 0.1) is 12.2 Å². The molecule has 0 spiro atoms. The Hall–Kier alpha value is -0.120. The second kappa shape index (κ2) is 7.54. The molecule has 162 valence electrons. The Morgan fingerprint density at radius 1 is 0.929 bits per heavy atom. The van der Waals surface area contributed by atoms with Crippen molar-refractivity contribution in [3.8, 4) is 0 Å². The predicted molar refractivity (Wildman–Crippen MR) is 113 cm³/mol. The second-order valence-corrected chi connectivity index (χ2v) is 11.6. The van der Waals surface area contributed by atoms with E-state index in [-0.39, 0.29) is 12.2 Å². The number of rotatable bonds is 4. The Kier molecular flexibility index (Phi) is 5.69. The molecule has 0 aromatic rings. The van der Waals surface area contributed by atoms with E-state index < -0.39 is 0 Å². The molecule has 11 atom stereocenters. The van der Waals surface area contributed by atoms with Crippen molar-refractivity contribution in [1.82, 2.24) is 0 Å². The van der Waals surface area contributed by atoms with Crippen LogP contribution in [-0.2, 0) is 0 Å². The molecule has 4 aliphatic rings. The first kappa shape index (κ1) is 21.1. The van der Waals surface area contributed by atoms with Gasteiger partial charge in [-0.3, -0.25) is 0 Å². The summed E-state index contributed by atoms with van der Waals surface area (Å²) in [6.07, 6.45) is 9.62. The lowest BCUT2D eigenvalue weighted by Gasteiger charge is -2.64. The fourth-order valence-corrected chi connectivity index (χ4v) is 9.34. The van der Waals surface area contributed by atoms with Crippen LogP contribution in [0.25, 0.3) is 0 Å². The van der Waals surface area contributed by atoms with Crippen LogP contribution in [0.1, 0.15) is 85.5 Å². The van der Waals surface area contributed by atoms with Gasteiger partial charge in [0.2, 0.25) is 0 Å². The van der Waals surface area contributed by atoms with Crippen molar-refractivity contribution < 1.29 is 15.3 Å². The topological polar surface area (TPSA) is 60.7 Å². The third-order valence-electron chi connectivity index (χ3n) is 10.7. The van der Waals surface area contributed by atoms with Gasteiger partial charge in [-0.2, -0.15) is 0 Å². The molecular weight excluding hydrogens is 348 g/mol. The van der Waals surface area contributed by atoms with Gasteiger partial charge in [0.1, 0.15) is 0 Å². The number of aliphatic hydroxyl groups is 3. The summed E-state index contributed by atoms with van der Waals surface area (Å²) in [5.74, 6) is 3.78. The Morgan fingerprint density at radius 2 is 1.61 bits per heavy atom. The smallest absolute Gasteiger partial charge is 0.0605 e. The fraction of sp³-hybridized carbons (Fsp3) is 1.00. The molecule has 5 unspecified atom stereocenters. The van der Waals surface area contributed by atoms with Crippen molar-refractivity contribution in [2.24, 2.45) is 52.3 Å². The summed E-state index contributed by atoms with van der Waals surface area (Å²) < 4.78 is 0. The Bertz CT molecular complexity index is 564. The summed E-state index contributed by atoms with van der Waals surface area (Å²) in [5, 5.41) is 31.6. The van der Waals surface area contributed by atoms with Gasteiger partial charge in [-0.15, -0.1) is 0 Å². The van der Waals surface area contributed by atoms with Crippen LogP contribution in [-0.4, -0.2) is 34.1 Å². The largest absolute Gasteiger partial charge is 0.396 e. The molecule has 3 N–H and O–H groups in total. The average molecular weight is 393 g/mol. The molecule has 28 heavy (non-hydrogen) atoms. The van der Waals surface area contributed by atoms with Gasteiger partial charge in [-0.1, -0.05) is 34.1 Å². The van der Waals surface area contributed by atoms with E-state index >= 15 is 0 Å². The zero-order valence-electron chi connectivity index (χ0n) is 18.6. The van der Waals surface area contributed by atoms with Gasteiger partial charge >= 0.3 is 0 Å². The molecule has 4 aliphatic carbocycles. The standard InChI is InChI=1S/C25H44O3/c1-5-17-21-14-16(27)8-11-25(21,4)20-9-12-24(3)18(15(2)10-13-26)6-7-19(24)22(20)23(17)28/h15-23,26-28H,5-14H2,1-4H3/t15-,16-,17-,18-,19?,20?,21?,22?,23?,24-,25-/m1/s1. The van der Waals surface area contributed by atoms with Crippen molar-refractivity contribution in [2.75, 3.05) is 6.61 Å². The van der Waals surface area contributed by atoms with Gasteiger partial charge in [0, 0.05) is 6.61 Å². The zero-order valence-corrected chi connectivity index (χ0v) is 18.6. The number of aliphatic hydroxyl groups excluding tert-OH is 3. The molecule has 0 radical (unpaired) electrons. The van der Waals surface area contributed by atoms with Crippen LogP contribution in [0.15, 0.2) is 0 Å². The van der Waals surface area contributed by atoms with Crippen LogP contribution in [0, 0.1) is 52.3 Å². The average Bonchev–Trinajstić information content (AvgIpc) is 3.01. The maximum atomic E-state index is 11.7. The van der Waals surface area contributed by atoms with E-state index in [0.29, 0.717) is 58.9 Å². The third-order valence-corrected chi connectivity index (χ3v) is 10.7. The van der Waals surface area contributed by atoms with Crippen molar-refractivity contribution >= 4 is 0 Å². The first-order valence-corrected chi connectivity index (χ1v) is 12.2. The Morgan fingerprint density at radius 3 is 2.29 bits per heavy atom. The van der Waals surface area contributed by atoms with Gasteiger partial charge in [-0.05, 0) is 104 Å². The molecule has 0 amide bonds. The quantitative estimate of drug-likeness (QED) is 0.653. The van der Waals surface area contributed by atoms with Crippen molar-refractivity contribution in [3.63, 3.8) is 0 Å². The van der Waals surface area contributed by atoms with E-state index in [9.17, 15) is 15.3 Å². The molecule has 3 heteroatoms. The molecule has 0 heterocycles. The molecule has 4 rings (SSSR count). The van der Waals surface area contributed by atoms with E-state index in [0.717, 1.165) is 32.1 Å². The first-order chi connectivity index (χ1) is 13.3. The monoisotopic (exact) mass is 392 g/mol. The summed E-state index contributed by atoms with van der Waals surface area (Å²) in [4.78, 5) is 0. The number of hydrogen-bond donors (Lipinski definition) is 3. The van der Waals surface area contributed by atoms with Gasteiger partial charge in [-0.25, -0.2) is 0 Å². The highest BCUT2D eigenvalue weighted by Gasteiger charge is 2.64. The minimum atomic E-state index is -0.199. The summed E-state index contributed by atoms with van der Waals surface area (Å²) in [7, 11) is 0. The Labute approximate surface area is 172 Å². The van der Waals surface area contributed by atoms with Gasteiger partial charge < -0.3 is 15.3 Å². The SMILES string of the molecule is CC[C@H]1C(O)C2C(CC[C@@]3(C)C2CC[C@@H]3[C@H](C)CCO)[C@@]2(C)CC[C@@H](O)CC12. The molecule has 0 aromatic heterocycles. The van der Waals surface area contributed by atoms with Crippen LogP contribution in [0.3, 0.4) is 0 Å². The van der Waals surface area contributed by atoms with E-state index in [1.807, 2.05) is 0 Å². The maximum Gasteiger partial charge on any atom is 0.0605 e. The highest BCUT2D eigenvalue weighted by Crippen LogP contribution is 2.69. The second-order valence-electron chi connectivity index (χ2n) is 11.6. The van der Waals surface area contributed by atoms with Gasteiger partial charge in [0.25, 0.3) is 0 Å². The maximum absolute atomic E-state index is 11.7. The highest BCUT2D eigenvalue weighted by molar-refractivity contribution is 5.13. The number of hydrogen-bond acceptors (Lipinski definition) is 3. The lowest BCUT2D eigenvalue weighted by Crippen LogP contribution is -2.62. The zero-order chi connectivity index (χ0) is 20.3. The van der Waals surface area contributed by atoms with E-state index in [1.165, 1.54) is 25.7 Å². The molecule has 4 saturated carbocycles. The molecule has 0 aliphatic heterocycles. The van der Waals surface area contributed by atoms with E-state index in [2.05, 4.69) is 27.7 Å². The van der Waals surface area contributed by atoms with Crippen molar-refractivity contribution in [2.45, 2.75) is 97.7 Å². The lowest BCUT2D eigenvalue weighted by atomic mass is 9.41. The molecule has 0 bridgehead atoms. The summed E-state index contributed by atoms with van der Waals surface area (Å²) >= 11 is 0. The molecule has 0 aromatic carbocycles. The van der Waals surface area contributed by atoms with Crippen molar-refractivity contribution in [3.05, 3.63) is 0 Å². The molecule has 4 fully saturated rings. The fourth-order valence-electron chi connectivity index (χ4n) is 9.34. The Balaban J connectivity index is 1.67. The highest BCUT2D eigenvalue weighted by atomic mass is 16.3. The van der Waals surface area contributed by atoms with Crippen LogP contribution in [0.2, 0.25) is 0 Å². The van der Waals surface area contributed by atoms with Crippen LogP contribution in [0.4, 0.5) is 0 Å². The van der Waals surface area contributed by atoms with Gasteiger partial charge in [0.15, 0.2) is 0 Å². The van der Waals surface area contributed by atoms with E-state index in [1.54, 1.807) is 0 Å². The third kappa shape index (κ3) is 2.94. The normalized spacial score (nSPS) is 54.5. The van der Waals surface area contributed by atoms with Crippen molar-refractivity contribution in [1.29, 1.82) is 0 Å². The van der Waals surface area contributed by atoms with E-state index in [4.69, 9.17) is 0 Å².